The van der Waals surface area contributed by atoms with Crippen LogP contribution in [-0.2, 0) is 20.1 Å². The molecule has 0 unspecified atom stereocenters. The third-order valence-electron chi connectivity index (χ3n) is 3.56. The van der Waals surface area contributed by atoms with Gasteiger partial charge < -0.3 is 5.32 Å². The van der Waals surface area contributed by atoms with E-state index >= 15 is 0 Å². The van der Waals surface area contributed by atoms with Crippen LogP contribution in [0, 0.1) is 6.92 Å². The molecule has 3 rings (SSSR count). The smallest absolute Gasteiger partial charge is 0.0841 e. The first-order valence-electron chi connectivity index (χ1n) is 6.77. The number of para-hydroxylation sites is 1. The first-order chi connectivity index (χ1) is 9.75. The van der Waals surface area contributed by atoms with Crippen molar-refractivity contribution in [2.75, 3.05) is 0 Å². The molecule has 4 heteroatoms. The predicted molar refractivity (Wildman–Crippen MR) is 80.2 cm³/mol. The molecular weight excluding hydrogens is 248 g/mol. The van der Waals surface area contributed by atoms with Crippen molar-refractivity contribution in [1.29, 1.82) is 0 Å². The Morgan fingerprint density at radius 2 is 1.95 bits per heavy atom. The van der Waals surface area contributed by atoms with Crippen molar-refractivity contribution in [2.24, 2.45) is 7.05 Å². The molecule has 0 radical (unpaired) electrons. The molecule has 0 aliphatic rings. The number of hydrogen-bond acceptors (Lipinski definition) is 3. The summed E-state index contributed by atoms with van der Waals surface area (Å²) in [6.07, 6.45) is 1.82. The summed E-state index contributed by atoms with van der Waals surface area (Å²) in [7, 11) is 1.98. The van der Waals surface area contributed by atoms with Crippen molar-refractivity contribution >= 4 is 10.9 Å². The Kier molecular flexibility index (Phi) is 3.48. The van der Waals surface area contributed by atoms with Gasteiger partial charge in [0.25, 0.3) is 0 Å². The highest BCUT2D eigenvalue weighted by molar-refractivity contribution is 5.81. The second kappa shape index (κ2) is 5.43. The molecule has 4 nitrogen and oxygen atoms in total. The summed E-state index contributed by atoms with van der Waals surface area (Å²) in [5.74, 6) is 0. The van der Waals surface area contributed by atoms with Crippen LogP contribution in [0.25, 0.3) is 10.9 Å². The van der Waals surface area contributed by atoms with E-state index in [1.807, 2.05) is 37.0 Å². The maximum absolute atomic E-state index is 4.58. The number of aryl methyl sites for hydroxylation is 2. The Morgan fingerprint density at radius 1 is 1.10 bits per heavy atom. The van der Waals surface area contributed by atoms with Gasteiger partial charge in [-0.3, -0.25) is 9.67 Å². The lowest BCUT2D eigenvalue weighted by Gasteiger charge is -2.05. The highest BCUT2D eigenvalue weighted by atomic mass is 15.3. The predicted octanol–water partition coefficient (Wildman–Crippen LogP) is 2.57. The van der Waals surface area contributed by atoms with Crippen LogP contribution >= 0.6 is 0 Å². The van der Waals surface area contributed by atoms with Crippen molar-refractivity contribution in [3.8, 4) is 0 Å². The Balaban J connectivity index is 1.73. The van der Waals surface area contributed by atoms with Crippen LogP contribution in [0.4, 0.5) is 0 Å². The van der Waals surface area contributed by atoms with Gasteiger partial charge in [-0.25, -0.2) is 0 Å². The molecule has 0 bridgehead atoms. The quantitative estimate of drug-likeness (QED) is 0.789. The Morgan fingerprint density at radius 3 is 2.80 bits per heavy atom. The largest absolute Gasteiger partial charge is 0.307 e. The number of fused-ring (bicyclic) bond motifs is 1. The fourth-order valence-corrected chi connectivity index (χ4v) is 2.44. The lowest BCUT2D eigenvalue weighted by atomic mass is 10.2. The zero-order chi connectivity index (χ0) is 13.9. The minimum Gasteiger partial charge on any atom is -0.307 e. The Bertz CT molecular complexity index is 730. The monoisotopic (exact) mass is 266 g/mol. The minimum atomic E-state index is 0.760. The number of nitrogens with one attached hydrogen (secondary N) is 1. The molecule has 0 atom stereocenters. The van der Waals surface area contributed by atoms with E-state index in [1.54, 1.807) is 0 Å². The maximum Gasteiger partial charge on any atom is 0.0841 e. The summed E-state index contributed by atoms with van der Waals surface area (Å²) < 4.78 is 1.93. The molecule has 0 aliphatic heterocycles. The van der Waals surface area contributed by atoms with Gasteiger partial charge in [-0.2, -0.15) is 5.10 Å². The second-order valence-corrected chi connectivity index (χ2v) is 4.94. The summed E-state index contributed by atoms with van der Waals surface area (Å²) in [6.45, 7) is 3.60. The number of nitrogens with zero attached hydrogens (tertiary/aromatic N) is 3. The third-order valence-corrected chi connectivity index (χ3v) is 3.56. The molecular formula is C16H18N4. The van der Waals surface area contributed by atoms with Crippen LogP contribution in [0.3, 0.4) is 0 Å². The van der Waals surface area contributed by atoms with E-state index < -0.39 is 0 Å². The van der Waals surface area contributed by atoms with Crippen LogP contribution in [-0.4, -0.2) is 14.8 Å². The minimum absolute atomic E-state index is 0.760. The molecule has 0 saturated heterocycles. The van der Waals surface area contributed by atoms with Crippen molar-refractivity contribution in [3.63, 3.8) is 0 Å². The van der Waals surface area contributed by atoms with E-state index in [0.717, 1.165) is 24.5 Å². The van der Waals surface area contributed by atoms with Gasteiger partial charge in [-0.1, -0.05) is 24.3 Å². The Labute approximate surface area is 118 Å². The molecule has 0 saturated carbocycles. The molecule has 0 aliphatic carbocycles. The first-order valence-corrected chi connectivity index (χ1v) is 6.77. The van der Waals surface area contributed by atoms with E-state index in [1.165, 1.54) is 16.5 Å². The molecule has 0 fully saturated rings. The highest BCUT2D eigenvalue weighted by Crippen LogP contribution is 2.17. The zero-order valence-corrected chi connectivity index (χ0v) is 11.8. The van der Waals surface area contributed by atoms with Crippen LogP contribution in [0.2, 0.25) is 0 Å². The highest BCUT2D eigenvalue weighted by Gasteiger charge is 2.07. The van der Waals surface area contributed by atoms with E-state index in [2.05, 4.69) is 39.7 Å². The Hall–Kier alpha value is -2.20. The molecule has 3 aromatic rings. The van der Waals surface area contributed by atoms with Crippen molar-refractivity contribution in [1.82, 2.24) is 20.1 Å². The summed E-state index contributed by atoms with van der Waals surface area (Å²) in [5, 5.41) is 9.24. The second-order valence-electron chi connectivity index (χ2n) is 4.94. The van der Waals surface area contributed by atoms with E-state index in [-0.39, 0.29) is 0 Å². The van der Waals surface area contributed by atoms with Gasteiger partial charge in [0.15, 0.2) is 0 Å². The molecule has 0 spiro atoms. The standard InChI is InChI=1S/C16H18N4/c1-12-13(6-5-9-18-12)10-17-11-15-14-7-3-4-8-16(14)20(2)19-15/h3-9,17H,10-11H2,1-2H3. The van der Waals surface area contributed by atoms with Gasteiger partial charge >= 0.3 is 0 Å². The number of rotatable bonds is 4. The van der Waals surface area contributed by atoms with Gasteiger partial charge in [0.2, 0.25) is 0 Å². The van der Waals surface area contributed by atoms with Gasteiger partial charge in [-0.15, -0.1) is 0 Å². The first kappa shape index (κ1) is 12.8. The van der Waals surface area contributed by atoms with Crippen molar-refractivity contribution < 1.29 is 0 Å². The zero-order valence-electron chi connectivity index (χ0n) is 11.8. The molecule has 1 aromatic carbocycles. The molecule has 1 N–H and O–H groups in total. The summed E-state index contributed by atoms with van der Waals surface area (Å²) in [4.78, 5) is 4.30. The molecule has 20 heavy (non-hydrogen) atoms. The fraction of sp³-hybridized carbons (Fsp3) is 0.250. The lowest BCUT2D eigenvalue weighted by molar-refractivity contribution is 0.658. The van der Waals surface area contributed by atoms with E-state index in [9.17, 15) is 0 Å². The average molecular weight is 266 g/mol. The topological polar surface area (TPSA) is 42.7 Å². The van der Waals surface area contributed by atoms with Crippen LogP contribution in [0.1, 0.15) is 17.0 Å². The summed E-state index contributed by atoms with van der Waals surface area (Å²) in [5.41, 5.74) is 4.56. The van der Waals surface area contributed by atoms with Crippen LogP contribution in [0.5, 0.6) is 0 Å². The SMILES string of the molecule is Cc1ncccc1CNCc1nn(C)c2ccccc12. The van der Waals surface area contributed by atoms with Crippen molar-refractivity contribution in [2.45, 2.75) is 20.0 Å². The van der Waals surface area contributed by atoms with Gasteiger partial charge in [-0.05, 0) is 24.6 Å². The third kappa shape index (κ3) is 2.42. The number of pyridine rings is 1. The van der Waals surface area contributed by atoms with E-state index in [0.29, 0.717) is 0 Å². The van der Waals surface area contributed by atoms with Gasteiger partial charge in [0.05, 0.1) is 11.2 Å². The molecule has 2 aromatic heterocycles. The number of aromatic nitrogens is 3. The average Bonchev–Trinajstić information content (AvgIpc) is 2.78. The van der Waals surface area contributed by atoms with Gasteiger partial charge in [0.1, 0.15) is 0 Å². The summed E-state index contributed by atoms with van der Waals surface area (Å²) >= 11 is 0. The molecule has 102 valence electrons. The normalized spacial score (nSPS) is 11.1. The lowest BCUT2D eigenvalue weighted by Crippen LogP contribution is -2.14. The number of hydrogen-bond donors (Lipinski definition) is 1. The van der Waals surface area contributed by atoms with E-state index in [4.69, 9.17) is 0 Å². The van der Waals surface area contributed by atoms with Crippen LogP contribution in [0.15, 0.2) is 42.6 Å². The number of benzene rings is 1. The molecule has 2 heterocycles. The fourth-order valence-electron chi connectivity index (χ4n) is 2.44. The molecule has 0 amide bonds. The maximum atomic E-state index is 4.58. The summed E-state index contributed by atoms with van der Waals surface area (Å²) in [6, 6.07) is 12.4. The van der Waals surface area contributed by atoms with Gasteiger partial charge in [0, 0.05) is 37.4 Å². The van der Waals surface area contributed by atoms with Crippen LogP contribution < -0.4 is 5.32 Å². The van der Waals surface area contributed by atoms with Crippen molar-refractivity contribution in [3.05, 3.63) is 59.5 Å².